The normalized spacial score (nSPS) is 12.2. The first-order chi connectivity index (χ1) is 20.6. The number of carbonyl (C=O) groups excluding carboxylic acids is 1. The van der Waals surface area contributed by atoms with Crippen LogP contribution >= 0.6 is 0 Å². The molecule has 1 unspecified atom stereocenters. The molecule has 4 heteroatoms. The zero-order valence-corrected chi connectivity index (χ0v) is 28.3. The molecule has 42 heavy (non-hydrogen) atoms. The van der Waals surface area contributed by atoms with Gasteiger partial charge in [-0.25, -0.2) is 0 Å². The molecule has 0 aliphatic carbocycles. The quantitative estimate of drug-likeness (QED) is 0.0458. The summed E-state index contributed by atoms with van der Waals surface area (Å²) in [6.45, 7) is 4.51. The fourth-order valence-corrected chi connectivity index (χ4v) is 5.70. The maximum Gasteiger partial charge on any atom is 0.306 e. The molecular weight excluding hydrogens is 520 g/mol. The van der Waals surface area contributed by atoms with E-state index in [0.717, 1.165) is 32.1 Å². The number of carboxylic acids is 1. The van der Waals surface area contributed by atoms with E-state index in [9.17, 15) is 9.59 Å². The number of aliphatic carboxylic acids is 1. The van der Waals surface area contributed by atoms with Crippen LogP contribution in [0.1, 0.15) is 213 Å². The number of ether oxygens (including phenoxy) is 1. The second-order valence-corrected chi connectivity index (χ2v) is 12.8. The molecule has 0 saturated carbocycles. The van der Waals surface area contributed by atoms with E-state index in [0.29, 0.717) is 12.8 Å². The van der Waals surface area contributed by atoms with E-state index in [4.69, 9.17) is 9.84 Å². The standard InChI is InChI=1S/C38H72O4/c1-3-5-7-9-11-13-14-15-16-17-18-19-20-21-22-23-24-25-27-29-31-33-38(41)42-36(34-35-37(39)40)32-30-28-26-12-10-8-6-4-2/h15-16,36H,3-14,17-35H2,1-2H3,(H,39,40)/b16-15-. The van der Waals surface area contributed by atoms with Gasteiger partial charge in [0.2, 0.25) is 0 Å². The first kappa shape index (κ1) is 40.7. The molecular formula is C38H72O4. The Morgan fingerprint density at radius 2 is 0.881 bits per heavy atom. The second-order valence-electron chi connectivity index (χ2n) is 12.8. The SMILES string of the molecule is CCCCCCCC/C=C\CCCCCCCCCCCCCC(=O)OC(CCCCCCCCCC)CCC(=O)O. The Hall–Kier alpha value is -1.32. The molecule has 0 saturated heterocycles. The van der Waals surface area contributed by atoms with Crippen molar-refractivity contribution in [3.05, 3.63) is 12.2 Å². The van der Waals surface area contributed by atoms with Gasteiger partial charge in [-0.3, -0.25) is 9.59 Å². The first-order valence-electron chi connectivity index (χ1n) is 18.7. The number of rotatable bonds is 34. The van der Waals surface area contributed by atoms with E-state index >= 15 is 0 Å². The summed E-state index contributed by atoms with van der Waals surface area (Å²) >= 11 is 0. The van der Waals surface area contributed by atoms with Gasteiger partial charge in [-0.05, 0) is 51.4 Å². The van der Waals surface area contributed by atoms with Crippen LogP contribution in [0, 0.1) is 0 Å². The van der Waals surface area contributed by atoms with Crippen LogP contribution < -0.4 is 0 Å². The molecule has 0 heterocycles. The zero-order chi connectivity index (χ0) is 30.8. The third-order valence-corrected chi connectivity index (χ3v) is 8.50. The summed E-state index contributed by atoms with van der Waals surface area (Å²) in [4.78, 5) is 23.4. The Labute approximate surface area is 262 Å². The van der Waals surface area contributed by atoms with E-state index in [1.807, 2.05) is 0 Å². The molecule has 0 amide bonds. The highest BCUT2D eigenvalue weighted by Gasteiger charge is 2.15. The van der Waals surface area contributed by atoms with Crippen molar-refractivity contribution in [3.63, 3.8) is 0 Å². The number of unbranched alkanes of at least 4 members (excludes halogenated alkanes) is 24. The molecule has 0 aromatic heterocycles. The van der Waals surface area contributed by atoms with Crippen molar-refractivity contribution in [2.75, 3.05) is 0 Å². The number of hydrogen-bond donors (Lipinski definition) is 1. The van der Waals surface area contributed by atoms with Crippen molar-refractivity contribution in [1.82, 2.24) is 0 Å². The van der Waals surface area contributed by atoms with Crippen LogP contribution in [0.15, 0.2) is 12.2 Å². The Morgan fingerprint density at radius 1 is 0.500 bits per heavy atom. The Morgan fingerprint density at radius 3 is 1.31 bits per heavy atom. The third-order valence-electron chi connectivity index (χ3n) is 8.50. The van der Waals surface area contributed by atoms with Crippen molar-refractivity contribution in [2.24, 2.45) is 0 Å². The minimum Gasteiger partial charge on any atom is -0.481 e. The Bertz CT molecular complexity index is 600. The monoisotopic (exact) mass is 593 g/mol. The van der Waals surface area contributed by atoms with Gasteiger partial charge >= 0.3 is 11.9 Å². The maximum absolute atomic E-state index is 12.4. The number of hydrogen-bond acceptors (Lipinski definition) is 3. The number of carboxylic acid groups (broad SMARTS) is 1. The topological polar surface area (TPSA) is 63.6 Å². The molecule has 0 rings (SSSR count). The summed E-state index contributed by atoms with van der Waals surface area (Å²) in [5, 5.41) is 9.05. The molecule has 0 aromatic carbocycles. The van der Waals surface area contributed by atoms with Crippen molar-refractivity contribution in [2.45, 2.75) is 219 Å². The van der Waals surface area contributed by atoms with Crippen LogP contribution in [-0.2, 0) is 14.3 Å². The van der Waals surface area contributed by atoms with Crippen LogP contribution in [0.25, 0.3) is 0 Å². The van der Waals surface area contributed by atoms with E-state index < -0.39 is 5.97 Å². The third kappa shape index (κ3) is 33.2. The number of allylic oxidation sites excluding steroid dienone is 2. The highest BCUT2D eigenvalue weighted by atomic mass is 16.5. The predicted octanol–water partition coefficient (Wildman–Crippen LogP) is 12.7. The molecule has 0 aliphatic rings. The van der Waals surface area contributed by atoms with Crippen LogP contribution in [0.5, 0.6) is 0 Å². The lowest BCUT2D eigenvalue weighted by molar-refractivity contribution is -0.151. The molecule has 1 N–H and O–H groups in total. The fourth-order valence-electron chi connectivity index (χ4n) is 5.70. The van der Waals surface area contributed by atoms with Crippen LogP contribution in [0.4, 0.5) is 0 Å². The summed E-state index contributed by atoms with van der Waals surface area (Å²) < 4.78 is 5.70. The van der Waals surface area contributed by atoms with Crippen molar-refractivity contribution >= 4 is 11.9 Å². The van der Waals surface area contributed by atoms with Crippen molar-refractivity contribution < 1.29 is 19.4 Å². The average Bonchev–Trinajstić information content (AvgIpc) is 2.97. The molecule has 0 radical (unpaired) electrons. The molecule has 0 bridgehead atoms. The van der Waals surface area contributed by atoms with Gasteiger partial charge in [0.05, 0.1) is 0 Å². The summed E-state index contributed by atoms with van der Waals surface area (Å²) in [5.74, 6) is -0.952. The molecule has 0 aromatic rings. The van der Waals surface area contributed by atoms with E-state index in [2.05, 4.69) is 26.0 Å². The summed E-state index contributed by atoms with van der Waals surface area (Å²) in [5.41, 5.74) is 0. The van der Waals surface area contributed by atoms with Gasteiger partial charge in [-0.2, -0.15) is 0 Å². The maximum atomic E-state index is 12.4. The zero-order valence-electron chi connectivity index (χ0n) is 28.3. The van der Waals surface area contributed by atoms with Crippen molar-refractivity contribution in [1.29, 1.82) is 0 Å². The van der Waals surface area contributed by atoms with Gasteiger partial charge in [0, 0.05) is 12.8 Å². The average molecular weight is 593 g/mol. The predicted molar refractivity (Wildman–Crippen MR) is 181 cm³/mol. The van der Waals surface area contributed by atoms with Gasteiger partial charge in [-0.15, -0.1) is 0 Å². The summed E-state index contributed by atoms with van der Waals surface area (Å²) in [7, 11) is 0. The lowest BCUT2D eigenvalue weighted by Crippen LogP contribution is -2.19. The first-order valence-corrected chi connectivity index (χ1v) is 18.7. The van der Waals surface area contributed by atoms with E-state index in [-0.39, 0.29) is 18.5 Å². The summed E-state index contributed by atoms with van der Waals surface area (Å²) in [6.07, 6.45) is 41.0. The van der Waals surface area contributed by atoms with E-state index in [1.54, 1.807) is 0 Å². The lowest BCUT2D eigenvalue weighted by Gasteiger charge is -2.17. The van der Waals surface area contributed by atoms with Gasteiger partial charge in [0.25, 0.3) is 0 Å². The number of carbonyl (C=O) groups is 2. The van der Waals surface area contributed by atoms with Gasteiger partial charge in [0.15, 0.2) is 0 Å². The molecule has 248 valence electrons. The minimum atomic E-state index is -0.811. The summed E-state index contributed by atoms with van der Waals surface area (Å²) in [6, 6.07) is 0. The number of esters is 1. The second kappa shape index (κ2) is 34.2. The molecule has 4 nitrogen and oxygen atoms in total. The lowest BCUT2D eigenvalue weighted by atomic mass is 10.0. The van der Waals surface area contributed by atoms with Crippen LogP contribution in [0.3, 0.4) is 0 Å². The van der Waals surface area contributed by atoms with Gasteiger partial charge < -0.3 is 9.84 Å². The molecule has 0 aliphatic heterocycles. The Balaban J connectivity index is 3.60. The van der Waals surface area contributed by atoms with Crippen LogP contribution in [-0.4, -0.2) is 23.1 Å². The molecule has 0 spiro atoms. The minimum absolute atomic E-state index is 0.0751. The van der Waals surface area contributed by atoms with Gasteiger partial charge in [0.1, 0.15) is 6.10 Å². The van der Waals surface area contributed by atoms with Crippen molar-refractivity contribution in [3.8, 4) is 0 Å². The molecule has 0 fully saturated rings. The smallest absolute Gasteiger partial charge is 0.306 e. The van der Waals surface area contributed by atoms with E-state index in [1.165, 1.54) is 148 Å². The highest BCUT2D eigenvalue weighted by molar-refractivity contribution is 5.69. The fraction of sp³-hybridized carbons (Fsp3) is 0.895. The highest BCUT2D eigenvalue weighted by Crippen LogP contribution is 2.17. The van der Waals surface area contributed by atoms with Gasteiger partial charge in [-0.1, -0.05) is 161 Å². The molecule has 1 atom stereocenters. The largest absolute Gasteiger partial charge is 0.481 e. The van der Waals surface area contributed by atoms with Crippen LogP contribution in [0.2, 0.25) is 0 Å². The Kier molecular flexibility index (Phi) is 33.1.